The second-order valence-corrected chi connectivity index (χ2v) is 11.3. The molecule has 240 valence electrons. The number of aliphatic hydroxyl groups is 5. The van der Waals surface area contributed by atoms with Crippen molar-refractivity contribution in [2.75, 3.05) is 6.61 Å². The number of phenols is 1. The van der Waals surface area contributed by atoms with Crippen LogP contribution < -0.4 is 0 Å². The number of phenolic OH excluding ortho intramolecular Hbond substituents is 1. The largest absolute Gasteiger partial charge is 0.508 e. The van der Waals surface area contributed by atoms with Crippen LogP contribution in [0.25, 0.3) is 6.08 Å². The van der Waals surface area contributed by atoms with Crippen LogP contribution in [0.4, 0.5) is 0 Å². The van der Waals surface area contributed by atoms with Crippen LogP contribution in [0, 0.1) is 0 Å². The Labute approximate surface area is 251 Å². The molecule has 0 amide bonds. The fraction of sp³-hybridized carbons (Fsp3) is 0.581. The molecule has 11 atom stereocenters. The highest BCUT2D eigenvalue weighted by molar-refractivity contribution is 5.87. The Hall–Kier alpha value is -2.65. The van der Waals surface area contributed by atoms with E-state index in [1.54, 1.807) is 25.1 Å². The van der Waals surface area contributed by atoms with E-state index >= 15 is 0 Å². The first-order valence-corrected chi connectivity index (χ1v) is 14.2. The van der Waals surface area contributed by atoms with Crippen molar-refractivity contribution in [3.8, 4) is 5.75 Å². The maximum Gasteiger partial charge on any atom is 0.331 e. The summed E-state index contributed by atoms with van der Waals surface area (Å²) in [7, 11) is 0. The van der Waals surface area contributed by atoms with E-state index in [9.17, 15) is 35.4 Å². The van der Waals surface area contributed by atoms with E-state index in [0.717, 1.165) is 11.6 Å². The number of rotatable bonds is 12. The quantitative estimate of drug-likeness (QED) is 0.114. The van der Waals surface area contributed by atoms with Crippen LogP contribution in [0.2, 0.25) is 0 Å². The topological polar surface area (TPSA) is 185 Å². The third kappa shape index (κ3) is 9.17. The molecule has 43 heavy (non-hydrogen) atoms. The monoisotopic (exact) mass is 608 g/mol. The molecule has 0 spiro atoms. The second kappa shape index (κ2) is 15.4. The molecule has 0 aromatic heterocycles. The molecule has 2 fully saturated rings. The number of aromatic hydroxyl groups is 1. The Morgan fingerprint density at radius 3 is 2.28 bits per heavy atom. The molecular weight excluding hydrogens is 564 g/mol. The Bertz CT molecular complexity index is 1120. The zero-order chi connectivity index (χ0) is 31.9. The lowest BCUT2D eigenvalue weighted by Crippen LogP contribution is -2.65. The number of carbonyl (C=O) groups excluding carboxylic acids is 1. The summed E-state index contributed by atoms with van der Waals surface area (Å²) >= 11 is 0. The molecule has 1 aromatic carbocycles. The van der Waals surface area contributed by atoms with Crippen LogP contribution in [0.5, 0.6) is 5.75 Å². The summed E-state index contributed by atoms with van der Waals surface area (Å²) in [6.07, 6.45) is -7.17. The number of hydrogen-bond acceptors (Lipinski definition) is 12. The standard InChI is InChI=1S/C31H44O12/c1-6-31(5,15-7-8-17(2)3)43-30-26(38)28(42-29-25(37)24(36)23(35)18(4)39-29)27(21(16-32)40-30)41-22(34)14-11-19-9-12-20(33)13-10-19/h6,8-14,18,21,23-30,32-33,35-38H,1,7,15-16H2,2-5H3/b14-11+/t18-,21+,23-,24+,25+,26+,27+,28?,29-,30-,31+/m0/s1. The highest BCUT2D eigenvalue weighted by Gasteiger charge is 2.53. The van der Waals surface area contributed by atoms with Gasteiger partial charge in [0.2, 0.25) is 0 Å². The summed E-state index contributed by atoms with van der Waals surface area (Å²) in [5.74, 6) is -0.814. The van der Waals surface area contributed by atoms with Crippen LogP contribution in [-0.4, -0.2) is 110 Å². The van der Waals surface area contributed by atoms with Gasteiger partial charge in [0, 0.05) is 6.08 Å². The summed E-state index contributed by atoms with van der Waals surface area (Å²) in [6.45, 7) is 10.3. The van der Waals surface area contributed by atoms with Crippen LogP contribution >= 0.6 is 0 Å². The van der Waals surface area contributed by atoms with Crippen LogP contribution in [-0.2, 0) is 28.5 Å². The average molecular weight is 609 g/mol. The minimum atomic E-state index is -1.72. The minimum Gasteiger partial charge on any atom is -0.508 e. The van der Waals surface area contributed by atoms with Crippen molar-refractivity contribution in [2.45, 2.75) is 108 Å². The molecular formula is C31H44O12. The molecule has 12 heteroatoms. The third-order valence-electron chi connectivity index (χ3n) is 7.46. The molecule has 0 saturated carbocycles. The van der Waals surface area contributed by atoms with Gasteiger partial charge >= 0.3 is 5.97 Å². The van der Waals surface area contributed by atoms with Crippen molar-refractivity contribution in [1.29, 1.82) is 0 Å². The summed E-state index contributed by atoms with van der Waals surface area (Å²) in [4.78, 5) is 12.9. The molecule has 2 saturated heterocycles. The van der Waals surface area contributed by atoms with E-state index in [4.69, 9.17) is 23.7 Å². The zero-order valence-electron chi connectivity index (χ0n) is 24.9. The van der Waals surface area contributed by atoms with Crippen molar-refractivity contribution < 1.29 is 59.1 Å². The van der Waals surface area contributed by atoms with Crippen molar-refractivity contribution in [3.63, 3.8) is 0 Å². The molecule has 0 radical (unpaired) electrons. The molecule has 2 aliphatic heterocycles. The fourth-order valence-corrected chi connectivity index (χ4v) is 4.76. The van der Waals surface area contributed by atoms with Crippen LogP contribution in [0.15, 0.2) is 54.6 Å². The number of carbonyl (C=O) groups is 1. The van der Waals surface area contributed by atoms with Gasteiger partial charge in [0.15, 0.2) is 18.7 Å². The number of allylic oxidation sites excluding steroid dienone is 2. The molecule has 12 nitrogen and oxygen atoms in total. The van der Waals surface area contributed by atoms with Gasteiger partial charge in [-0.05, 0) is 64.3 Å². The van der Waals surface area contributed by atoms with E-state index in [1.165, 1.54) is 25.1 Å². The van der Waals surface area contributed by atoms with E-state index < -0.39 is 79.6 Å². The smallest absolute Gasteiger partial charge is 0.331 e. The predicted octanol–water partition coefficient (Wildman–Crippen LogP) is 1.32. The first kappa shape index (κ1) is 34.8. The van der Waals surface area contributed by atoms with Crippen LogP contribution in [0.1, 0.15) is 46.1 Å². The Balaban J connectivity index is 1.88. The third-order valence-corrected chi connectivity index (χ3v) is 7.46. The maximum absolute atomic E-state index is 12.9. The molecule has 3 rings (SSSR count). The fourth-order valence-electron chi connectivity index (χ4n) is 4.76. The predicted molar refractivity (Wildman–Crippen MR) is 154 cm³/mol. The van der Waals surface area contributed by atoms with Gasteiger partial charge in [0.25, 0.3) is 0 Å². The Kier molecular flexibility index (Phi) is 12.5. The van der Waals surface area contributed by atoms with Gasteiger partial charge in [-0.2, -0.15) is 0 Å². The lowest BCUT2D eigenvalue weighted by molar-refractivity contribution is -0.364. The van der Waals surface area contributed by atoms with E-state index in [0.29, 0.717) is 18.4 Å². The van der Waals surface area contributed by atoms with Gasteiger partial charge in [-0.25, -0.2) is 4.79 Å². The number of esters is 1. The van der Waals surface area contributed by atoms with Crippen LogP contribution in [0.3, 0.4) is 0 Å². The van der Waals surface area contributed by atoms with Crippen molar-refractivity contribution in [2.24, 2.45) is 0 Å². The summed E-state index contributed by atoms with van der Waals surface area (Å²) in [5, 5.41) is 62.1. The molecule has 1 unspecified atom stereocenters. The zero-order valence-corrected chi connectivity index (χ0v) is 24.9. The van der Waals surface area contributed by atoms with E-state index in [1.807, 2.05) is 19.9 Å². The van der Waals surface area contributed by atoms with Gasteiger partial charge in [0.05, 0.1) is 18.3 Å². The van der Waals surface area contributed by atoms with E-state index in [-0.39, 0.29) is 5.75 Å². The van der Waals surface area contributed by atoms with Crippen molar-refractivity contribution >= 4 is 12.0 Å². The highest BCUT2D eigenvalue weighted by Crippen LogP contribution is 2.34. The van der Waals surface area contributed by atoms with Gasteiger partial charge in [-0.15, -0.1) is 6.58 Å². The van der Waals surface area contributed by atoms with Gasteiger partial charge in [0.1, 0.15) is 42.4 Å². The summed E-state index contributed by atoms with van der Waals surface area (Å²) in [6, 6.07) is 6.04. The summed E-state index contributed by atoms with van der Waals surface area (Å²) in [5.41, 5.74) is 0.728. The lowest BCUT2D eigenvalue weighted by atomic mass is 9.95. The average Bonchev–Trinajstić information content (AvgIpc) is 2.97. The molecule has 0 bridgehead atoms. The normalized spacial score (nSPS) is 34.3. The van der Waals surface area contributed by atoms with Crippen molar-refractivity contribution in [3.05, 3.63) is 60.2 Å². The number of ether oxygens (including phenoxy) is 5. The van der Waals surface area contributed by atoms with E-state index in [2.05, 4.69) is 6.58 Å². The first-order valence-electron chi connectivity index (χ1n) is 14.2. The number of benzene rings is 1. The second-order valence-electron chi connectivity index (χ2n) is 11.3. The summed E-state index contributed by atoms with van der Waals surface area (Å²) < 4.78 is 29.1. The van der Waals surface area contributed by atoms with Gasteiger partial charge in [-0.1, -0.05) is 29.9 Å². The minimum absolute atomic E-state index is 0.0548. The van der Waals surface area contributed by atoms with Gasteiger partial charge < -0.3 is 54.3 Å². The number of aliphatic hydroxyl groups excluding tert-OH is 5. The van der Waals surface area contributed by atoms with Gasteiger partial charge in [-0.3, -0.25) is 0 Å². The first-order chi connectivity index (χ1) is 20.3. The molecule has 2 heterocycles. The highest BCUT2D eigenvalue weighted by atomic mass is 16.7. The lowest BCUT2D eigenvalue weighted by Gasteiger charge is -2.47. The molecule has 2 aliphatic rings. The molecule has 0 aliphatic carbocycles. The SMILES string of the molecule is C=C[C@](C)(CCC=C(C)C)O[C@@H]1O[C@H](CO)[C@@H](OC(=O)/C=C/c2ccc(O)cc2)C(O[C@@H]2O[C@@H](C)[C@H](O)[C@@H](O)[C@H]2O)[C@H]1O. The van der Waals surface area contributed by atoms with Crippen molar-refractivity contribution in [1.82, 2.24) is 0 Å². The molecule has 1 aromatic rings. The Morgan fingerprint density at radius 1 is 1.00 bits per heavy atom. The number of hydrogen-bond donors (Lipinski definition) is 6. The Morgan fingerprint density at radius 2 is 1.67 bits per heavy atom. The maximum atomic E-state index is 12.9. The molecule has 6 N–H and O–H groups in total.